The number of halogens is 2. The summed E-state index contributed by atoms with van der Waals surface area (Å²) in [6.07, 6.45) is -2.57. The first-order chi connectivity index (χ1) is 10.9. The fourth-order valence-corrected chi connectivity index (χ4v) is 4.84. The van der Waals surface area contributed by atoms with Crippen LogP contribution in [-0.4, -0.2) is 55.4 Å². The molecule has 0 unspecified atom stereocenters. The maximum absolute atomic E-state index is 10.6. The van der Waals surface area contributed by atoms with Crippen LogP contribution in [0.15, 0.2) is 12.1 Å². The molecule has 1 aromatic rings. The predicted molar refractivity (Wildman–Crippen MR) is 92.0 cm³/mol. The third-order valence-corrected chi connectivity index (χ3v) is 6.41. The normalized spacial score (nSPS) is 36.3. The standard InChI is InChI=1S/C12H16BCl2N2O5P/c13-23(19)20-3-9-11(22-23)10(18)12(21-9)17-4-16-7-1-5(14)6(15)2-8(7)17/h1-2,9-12,16,18-19,23H,3-4,13H2/t9-,10+,11+,12-/m1/s1. The SMILES string of the molecule is B[PH]1(O)OC[C@H]2O[C@@H](N3CNc4cc(Cl)c(Cl)cc43)[C@@H](O)[C@H]2O1. The number of aliphatic hydroxyl groups is 1. The van der Waals surface area contributed by atoms with E-state index in [1.54, 1.807) is 12.1 Å². The number of anilines is 2. The van der Waals surface area contributed by atoms with Gasteiger partial charge in [0.2, 0.25) is 0 Å². The molecule has 0 spiro atoms. The van der Waals surface area contributed by atoms with E-state index in [1.165, 1.54) is 7.57 Å². The topological polar surface area (TPSA) is 83.4 Å². The number of hydrogen-bond acceptors (Lipinski definition) is 7. The zero-order chi connectivity index (χ0) is 16.4. The number of benzene rings is 1. The molecule has 1 aromatic carbocycles. The molecule has 2 fully saturated rings. The van der Waals surface area contributed by atoms with Crippen molar-refractivity contribution in [3.63, 3.8) is 0 Å². The van der Waals surface area contributed by atoms with Gasteiger partial charge < -0.3 is 0 Å². The Morgan fingerprint density at radius 2 is 2.09 bits per heavy atom. The molecular weight excluding hydrogens is 365 g/mol. The van der Waals surface area contributed by atoms with Crippen molar-refractivity contribution < 1.29 is 23.8 Å². The molecule has 0 saturated carbocycles. The molecule has 3 aliphatic heterocycles. The van der Waals surface area contributed by atoms with Crippen molar-refractivity contribution in [3.8, 4) is 0 Å². The summed E-state index contributed by atoms with van der Waals surface area (Å²) < 4.78 is 16.7. The summed E-state index contributed by atoms with van der Waals surface area (Å²) in [5.74, 6) is 0. The molecule has 126 valence electrons. The predicted octanol–water partition coefficient (Wildman–Crippen LogP) is 0.719. The first-order valence-corrected chi connectivity index (χ1v) is 10.2. The van der Waals surface area contributed by atoms with Crippen LogP contribution in [0.4, 0.5) is 11.4 Å². The Morgan fingerprint density at radius 3 is 2.87 bits per heavy atom. The maximum atomic E-state index is 10.6. The fourth-order valence-electron chi connectivity index (χ4n) is 3.18. The second kappa shape index (κ2) is 5.61. The van der Waals surface area contributed by atoms with Crippen LogP contribution in [0.1, 0.15) is 0 Å². The number of aliphatic hydroxyl groups excluding tert-OH is 1. The number of fused-ring (bicyclic) bond motifs is 2. The molecule has 7 nitrogen and oxygen atoms in total. The van der Waals surface area contributed by atoms with E-state index in [4.69, 9.17) is 37.0 Å². The summed E-state index contributed by atoms with van der Waals surface area (Å²) >= 11 is 12.1. The van der Waals surface area contributed by atoms with Crippen LogP contribution in [0, 0.1) is 0 Å². The van der Waals surface area contributed by atoms with Crippen LogP contribution in [0.25, 0.3) is 0 Å². The van der Waals surface area contributed by atoms with Crippen LogP contribution in [0.2, 0.25) is 10.0 Å². The number of rotatable bonds is 1. The summed E-state index contributed by atoms with van der Waals surface area (Å²) in [5.41, 5.74) is 1.62. The van der Waals surface area contributed by atoms with Gasteiger partial charge in [-0.1, -0.05) is 0 Å². The Labute approximate surface area is 144 Å². The van der Waals surface area contributed by atoms with Gasteiger partial charge >= 0.3 is 144 Å². The number of ether oxygens (including phenoxy) is 1. The second-order valence-electron chi connectivity index (χ2n) is 5.94. The molecule has 3 aliphatic rings. The third kappa shape index (κ3) is 2.71. The van der Waals surface area contributed by atoms with Gasteiger partial charge in [0.1, 0.15) is 0 Å². The average Bonchev–Trinajstić information content (AvgIpc) is 3.01. The molecule has 11 heteroatoms. The van der Waals surface area contributed by atoms with Gasteiger partial charge in [-0.3, -0.25) is 0 Å². The summed E-state index contributed by atoms with van der Waals surface area (Å²) in [4.78, 5) is 11.8. The van der Waals surface area contributed by atoms with E-state index in [1.807, 2.05) is 4.90 Å². The van der Waals surface area contributed by atoms with Crippen LogP contribution < -0.4 is 10.2 Å². The van der Waals surface area contributed by atoms with Gasteiger partial charge in [0.05, 0.1) is 0 Å². The number of hydrogen-bond donors (Lipinski definition) is 3. The first kappa shape index (κ1) is 16.2. The molecular formula is C12H16BCl2N2O5P. The Balaban J connectivity index is 1.60. The molecule has 0 bridgehead atoms. The van der Waals surface area contributed by atoms with Gasteiger partial charge in [-0.2, -0.15) is 0 Å². The molecule has 4 atom stereocenters. The van der Waals surface area contributed by atoms with E-state index >= 15 is 0 Å². The van der Waals surface area contributed by atoms with Crippen molar-refractivity contribution in [2.45, 2.75) is 24.5 Å². The summed E-state index contributed by atoms with van der Waals surface area (Å²) in [6, 6.07) is 3.48. The summed E-state index contributed by atoms with van der Waals surface area (Å²) in [5, 5.41) is 14.7. The van der Waals surface area contributed by atoms with E-state index in [9.17, 15) is 10.00 Å². The Hall–Kier alpha value is -0.305. The van der Waals surface area contributed by atoms with Crippen LogP contribution in [0.5, 0.6) is 0 Å². The quantitative estimate of drug-likeness (QED) is 0.489. The van der Waals surface area contributed by atoms with Crippen molar-refractivity contribution >= 4 is 50.0 Å². The van der Waals surface area contributed by atoms with Crippen LogP contribution in [-0.2, 0) is 13.8 Å². The molecule has 4 rings (SSSR count). The van der Waals surface area contributed by atoms with Gasteiger partial charge in [-0.15, -0.1) is 0 Å². The monoisotopic (exact) mass is 380 g/mol. The van der Waals surface area contributed by atoms with Crippen molar-refractivity contribution in [1.82, 2.24) is 0 Å². The third-order valence-electron chi connectivity index (χ3n) is 4.27. The molecule has 3 N–H and O–H groups in total. The second-order valence-corrected chi connectivity index (χ2v) is 9.07. The van der Waals surface area contributed by atoms with E-state index in [2.05, 4.69) is 5.32 Å². The van der Waals surface area contributed by atoms with Crippen molar-refractivity contribution in [2.75, 3.05) is 23.5 Å². The molecule has 0 aliphatic carbocycles. The number of nitrogens with one attached hydrogen (secondary N) is 1. The van der Waals surface area contributed by atoms with Gasteiger partial charge in [-0.25, -0.2) is 0 Å². The summed E-state index contributed by atoms with van der Waals surface area (Å²) in [6.45, 7) is 0.648. The zero-order valence-electron chi connectivity index (χ0n) is 12.2. The van der Waals surface area contributed by atoms with Crippen LogP contribution >= 0.6 is 31.0 Å². The molecule has 23 heavy (non-hydrogen) atoms. The van der Waals surface area contributed by atoms with Crippen LogP contribution in [0.3, 0.4) is 0 Å². The van der Waals surface area contributed by atoms with E-state index in [0.29, 0.717) is 16.7 Å². The average molecular weight is 381 g/mol. The Bertz CT molecular complexity index is 654. The molecule has 0 radical (unpaired) electrons. The van der Waals surface area contributed by atoms with Crippen molar-refractivity contribution in [2.24, 2.45) is 0 Å². The minimum atomic E-state index is -3.19. The van der Waals surface area contributed by atoms with Gasteiger partial charge in [0.25, 0.3) is 0 Å². The molecule has 3 heterocycles. The Morgan fingerprint density at radius 1 is 1.35 bits per heavy atom. The molecule has 0 aromatic heterocycles. The van der Waals surface area contributed by atoms with Gasteiger partial charge in [0, 0.05) is 0 Å². The molecule has 2 saturated heterocycles. The van der Waals surface area contributed by atoms with Crippen molar-refractivity contribution in [1.29, 1.82) is 0 Å². The van der Waals surface area contributed by atoms with Gasteiger partial charge in [-0.05, 0) is 0 Å². The minimum absolute atomic E-state index is 0.201. The molecule has 0 amide bonds. The zero-order valence-corrected chi connectivity index (χ0v) is 14.7. The fraction of sp³-hybridized carbons (Fsp3) is 0.500. The number of nitrogens with zero attached hydrogens (tertiary/aromatic N) is 1. The summed E-state index contributed by atoms with van der Waals surface area (Å²) in [7, 11) is -1.66. The van der Waals surface area contributed by atoms with E-state index in [-0.39, 0.29) is 6.61 Å². The van der Waals surface area contributed by atoms with E-state index in [0.717, 1.165) is 11.4 Å². The van der Waals surface area contributed by atoms with Crippen molar-refractivity contribution in [3.05, 3.63) is 22.2 Å². The van der Waals surface area contributed by atoms with Gasteiger partial charge in [0.15, 0.2) is 0 Å². The van der Waals surface area contributed by atoms with E-state index < -0.39 is 32.4 Å². The first-order valence-electron chi connectivity index (χ1n) is 7.23. The Kier molecular flexibility index (Phi) is 3.95.